The molecule has 2 aromatic heterocycles. The van der Waals surface area contributed by atoms with E-state index in [4.69, 9.17) is 0 Å². The smallest absolute Gasteiger partial charge is 0.264 e. The van der Waals surface area contributed by atoms with Crippen LogP contribution in [0.2, 0.25) is 0 Å². The first-order valence-electron chi connectivity index (χ1n) is 8.68. The van der Waals surface area contributed by atoms with Crippen molar-refractivity contribution in [3.05, 3.63) is 52.5 Å². The standard InChI is InChI=1S/C19H22FN5O2/c1-12-22-17-15(11-21-25(17)19(2,3)4)18(27)24(12)10-9-16(26)23-14-7-5-13(20)6-8-14/h5-8,11H,9-10H2,1-4H3,(H,23,26). The molecular formula is C19H22FN5O2. The van der Waals surface area contributed by atoms with Crippen LogP contribution in [-0.4, -0.2) is 25.2 Å². The first kappa shape index (κ1) is 18.8. The minimum atomic E-state index is -0.370. The molecule has 1 aromatic carbocycles. The van der Waals surface area contributed by atoms with E-state index in [9.17, 15) is 14.0 Å². The van der Waals surface area contributed by atoms with Crippen molar-refractivity contribution < 1.29 is 9.18 Å². The number of carbonyl (C=O) groups excluding carboxylic acids is 1. The number of halogens is 1. The fraction of sp³-hybridized carbons (Fsp3) is 0.368. The molecule has 7 nitrogen and oxygen atoms in total. The Morgan fingerprint density at radius 3 is 2.52 bits per heavy atom. The zero-order chi connectivity index (χ0) is 19.8. The summed E-state index contributed by atoms with van der Waals surface area (Å²) < 4.78 is 16.1. The molecule has 8 heteroatoms. The van der Waals surface area contributed by atoms with Crippen LogP contribution in [0, 0.1) is 12.7 Å². The van der Waals surface area contributed by atoms with E-state index >= 15 is 0 Å². The minimum absolute atomic E-state index is 0.0960. The first-order valence-corrected chi connectivity index (χ1v) is 8.68. The number of anilines is 1. The van der Waals surface area contributed by atoms with E-state index in [1.807, 2.05) is 20.8 Å². The lowest BCUT2D eigenvalue weighted by molar-refractivity contribution is -0.116. The quantitative estimate of drug-likeness (QED) is 0.765. The molecule has 27 heavy (non-hydrogen) atoms. The summed E-state index contributed by atoms with van der Waals surface area (Å²) >= 11 is 0. The molecule has 1 amide bonds. The molecule has 0 spiro atoms. The van der Waals surface area contributed by atoms with E-state index in [-0.39, 0.29) is 35.8 Å². The topological polar surface area (TPSA) is 81.8 Å². The molecule has 142 valence electrons. The van der Waals surface area contributed by atoms with Gasteiger partial charge >= 0.3 is 0 Å². The lowest BCUT2D eigenvalue weighted by atomic mass is 10.1. The van der Waals surface area contributed by atoms with Gasteiger partial charge in [0.05, 0.1) is 11.7 Å². The molecular weight excluding hydrogens is 349 g/mol. The largest absolute Gasteiger partial charge is 0.326 e. The summed E-state index contributed by atoms with van der Waals surface area (Å²) in [6, 6.07) is 5.52. The Bertz CT molecular complexity index is 1040. The van der Waals surface area contributed by atoms with Gasteiger partial charge in [0, 0.05) is 18.7 Å². The van der Waals surface area contributed by atoms with Gasteiger partial charge < -0.3 is 5.32 Å². The normalized spacial score (nSPS) is 11.7. The van der Waals surface area contributed by atoms with Gasteiger partial charge in [-0.3, -0.25) is 14.2 Å². The molecule has 0 unspecified atom stereocenters. The Balaban J connectivity index is 1.80. The van der Waals surface area contributed by atoms with Crippen LogP contribution in [0.3, 0.4) is 0 Å². The predicted octanol–water partition coefficient (Wildman–Crippen LogP) is 2.82. The number of fused-ring (bicyclic) bond motifs is 1. The molecule has 0 saturated heterocycles. The van der Waals surface area contributed by atoms with Crippen molar-refractivity contribution in [3.8, 4) is 0 Å². The highest BCUT2D eigenvalue weighted by Crippen LogP contribution is 2.18. The van der Waals surface area contributed by atoms with Crippen LogP contribution in [0.4, 0.5) is 10.1 Å². The van der Waals surface area contributed by atoms with Crippen molar-refractivity contribution >= 4 is 22.6 Å². The molecule has 0 aliphatic carbocycles. The Morgan fingerprint density at radius 2 is 1.89 bits per heavy atom. The first-order chi connectivity index (χ1) is 12.7. The second-order valence-electron chi connectivity index (χ2n) is 7.39. The SMILES string of the molecule is Cc1nc2c(cnn2C(C)(C)C)c(=O)n1CCC(=O)Nc1ccc(F)cc1. The highest BCUT2D eigenvalue weighted by molar-refractivity contribution is 5.90. The van der Waals surface area contributed by atoms with Gasteiger partial charge in [-0.15, -0.1) is 0 Å². The molecule has 0 atom stereocenters. The van der Waals surface area contributed by atoms with Gasteiger partial charge in [-0.25, -0.2) is 14.1 Å². The number of hydrogen-bond acceptors (Lipinski definition) is 4. The number of amides is 1. The van der Waals surface area contributed by atoms with Crippen LogP contribution in [0.25, 0.3) is 11.0 Å². The minimum Gasteiger partial charge on any atom is -0.326 e. The fourth-order valence-corrected chi connectivity index (χ4v) is 2.83. The third kappa shape index (κ3) is 3.89. The number of aryl methyl sites for hydroxylation is 1. The third-order valence-corrected chi connectivity index (χ3v) is 4.20. The number of hydrogen-bond donors (Lipinski definition) is 1. The van der Waals surface area contributed by atoms with E-state index in [1.54, 1.807) is 11.6 Å². The second kappa shape index (κ2) is 6.94. The van der Waals surface area contributed by atoms with Crippen molar-refractivity contribution in [2.45, 2.75) is 46.2 Å². The van der Waals surface area contributed by atoms with Gasteiger partial charge in [0.15, 0.2) is 5.65 Å². The summed E-state index contributed by atoms with van der Waals surface area (Å²) in [7, 11) is 0. The zero-order valence-corrected chi connectivity index (χ0v) is 15.8. The van der Waals surface area contributed by atoms with E-state index < -0.39 is 0 Å². The van der Waals surface area contributed by atoms with Crippen molar-refractivity contribution in [1.82, 2.24) is 19.3 Å². The zero-order valence-electron chi connectivity index (χ0n) is 15.8. The van der Waals surface area contributed by atoms with E-state index in [1.165, 1.54) is 35.0 Å². The number of carbonyl (C=O) groups is 1. The maximum absolute atomic E-state index is 12.9. The second-order valence-corrected chi connectivity index (χ2v) is 7.39. The number of nitrogens with one attached hydrogen (secondary N) is 1. The Kier molecular flexibility index (Phi) is 4.82. The highest BCUT2D eigenvalue weighted by atomic mass is 19.1. The van der Waals surface area contributed by atoms with Crippen LogP contribution >= 0.6 is 0 Å². The molecule has 0 fully saturated rings. The summed E-state index contributed by atoms with van der Waals surface area (Å²) in [6.45, 7) is 7.89. The van der Waals surface area contributed by atoms with Crippen LogP contribution in [0.5, 0.6) is 0 Å². The summed E-state index contributed by atoms with van der Waals surface area (Å²) in [5, 5.41) is 7.41. The van der Waals surface area contributed by atoms with Gasteiger partial charge in [0.2, 0.25) is 5.91 Å². The predicted molar refractivity (Wildman–Crippen MR) is 101 cm³/mol. The number of nitrogens with zero attached hydrogens (tertiary/aromatic N) is 4. The average Bonchev–Trinajstić information content (AvgIpc) is 3.01. The highest BCUT2D eigenvalue weighted by Gasteiger charge is 2.21. The third-order valence-electron chi connectivity index (χ3n) is 4.20. The van der Waals surface area contributed by atoms with Crippen LogP contribution in [-0.2, 0) is 16.9 Å². The van der Waals surface area contributed by atoms with Gasteiger partial charge in [-0.1, -0.05) is 0 Å². The monoisotopic (exact) mass is 371 g/mol. The molecule has 0 bridgehead atoms. The number of benzene rings is 1. The Labute approximate surface area is 155 Å². The lowest BCUT2D eigenvalue weighted by Crippen LogP contribution is -2.28. The van der Waals surface area contributed by atoms with Crippen molar-refractivity contribution in [2.24, 2.45) is 0 Å². The number of aromatic nitrogens is 4. The molecule has 0 saturated carbocycles. The van der Waals surface area contributed by atoms with Gasteiger partial charge in [-0.2, -0.15) is 5.10 Å². The van der Waals surface area contributed by atoms with E-state index in [0.717, 1.165) is 0 Å². The molecule has 0 aliphatic rings. The fourth-order valence-electron chi connectivity index (χ4n) is 2.83. The summed E-state index contributed by atoms with van der Waals surface area (Å²) in [4.78, 5) is 29.5. The summed E-state index contributed by atoms with van der Waals surface area (Å²) in [6.07, 6.45) is 1.61. The summed E-state index contributed by atoms with van der Waals surface area (Å²) in [5.41, 5.74) is 0.527. The van der Waals surface area contributed by atoms with E-state index in [2.05, 4.69) is 15.4 Å². The molecule has 2 heterocycles. The lowest BCUT2D eigenvalue weighted by Gasteiger charge is -2.20. The van der Waals surface area contributed by atoms with Gasteiger partial charge in [-0.05, 0) is 52.0 Å². The van der Waals surface area contributed by atoms with Crippen LogP contribution in [0.1, 0.15) is 33.0 Å². The maximum Gasteiger partial charge on any atom is 0.264 e. The average molecular weight is 371 g/mol. The Hall–Kier alpha value is -3.03. The molecule has 1 N–H and O–H groups in total. The number of rotatable bonds is 4. The van der Waals surface area contributed by atoms with Gasteiger partial charge in [0.1, 0.15) is 17.0 Å². The summed E-state index contributed by atoms with van der Waals surface area (Å²) in [5.74, 6) is -0.114. The molecule has 3 aromatic rings. The molecule has 0 aliphatic heterocycles. The van der Waals surface area contributed by atoms with E-state index in [0.29, 0.717) is 22.5 Å². The Morgan fingerprint density at radius 1 is 1.22 bits per heavy atom. The molecule has 3 rings (SSSR count). The van der Waals surface area contributed by atoms with Crippen LogP contribution in [0.15, 0.2) is 35.3 Å². The van der Waals surface area contributed by atoms with Crippen molar-refractivity contribution in [3.63, 3.8) is 0 Å². The van der Waals surface area contributed by atoms with Gasteiger partial charge in [0.25, 0.3) is 5.56 Å². The molecule has 0 radical (unpaired) electrons. The maximum atomic E-state index is 12.9. The van der Waals surface area contributed by atoms with Crippen LogP contribution < -0.4 is 10.9 Å². The van der Waals surface area contributed by atoms with Crippen molar-refractivity contribution in [1.29, 1.82) is 0 Å². The van der Waals surface area contributed by atoms with Crippen molar-refractivity contribution in [2.75, 3.05) is 5.32 Å².